The van der Waals surface area contributed by atoms with E-state index in [9.17, 15) is 4.79 Å². The minimum absolute atomic E-state index is 0.0574. The van der Waals surface area contributed by atoms with Gasteiger partial charge >= 0.3 is 0 Å². The molecular weight excluding hydrogens is 454 g/mol. The van der Waals surface area contributed by atoms with Crippen molar-refractivity contribution in [1.29, 1.82) is 0 Å². The molecule has 1 N–H and O–H groups in total. The third-order valence-corrected chi connectivity index (χ3v) is 7.49. The van der Waals surface area contributed by atoms with E-state index < -0.39 is 0 Å². The molecule has 35 heavy (non-hydrogen) atoms. The number of carbonyl (C=O) groups excluding carboxylic acids is 1. The van der Waals surface area contributed by atoms with Crippen molar-refractivity contribution in [2.75, 3.05) is 24.2 Å². The summed E-state index contributed by atoms with van der Waals surface area (Å²) in [5.41, 5.74) is 6.61. The Morgan fingerprint density at radius 3 is 2.74 bits per heavy atom. The molecule has 2 aromatic carbocycles. The van der Waals surface area contributed by atoms with Crippen molar-refractivity contribution in [1.82, 2.24) is 19.9 Å². The van der Waals surface area contributed by atoms with Crippen LogP contribution < -0.4 is 10.2 Å². The summed E-state index contributed by atoms with van der Waals surface area (Å²) >= 11 is 1.72. The summed E-state index contributed by atoms with van der Waals surface area (Å²) < 4.78 is 1.90. The number of piperidine rings is 1. The summed E-state index contributed by atoms with van der Waals surface area (Å²) in [6.45, 7) is 6.33. The first-order valence-electron chi connectivity index (χ1n) is 12.1. The maximum absolute atomic E-state index is 13.0. The number of thioether (sulfide) groups is 1. The highest BCUT2D eigenvalue weighted by Gasteiger charge is 2.27. The van der Waals surface area contributed by atoms with Gasteiger partial charge in [-0.2, -0.15) is 5.10 Å². The smallest absolute Gasteiger partial charge is 0.225 e. The summed E-state index contributed by atoms with van der Waals surface area (Å²) in [7, 11) is 0. The molecule has 0 spiro atoms. The SMILES string of the molecule is CSc1ccc(CNC(=O)C2CCCN(c3nccn4nc(-c5ccc(C)cc5C)cc34)C2)cc1. The van der Waals surface area contributed by atoms with Gasteiger partial charge in [0.1, 0.15) is 5.52 Å². The van der Waals surface area contributed by atoms with Gasteiger partial charge in [0, 0.05) is 42.5 Å². The van der Waals surface area contributed by atoms with Gasteiger partial charge < -0.3 is 10.2 Å². The first-order valence-corrected chi connectivity index (χ1v) is 13.3. The zero-order valence-corrected chi connectivity index (χ0v) is 21.3. The molecular formula is C28H31N5OS. The van der Waals surface area contributed by atoms with Crippen LogP contribution in [0.15, 0.2) is 65.8 Å². The molecule has 0 aliphatic carbocycles. The number of amides is 1. The van der Waals surface area contributed by atoms with Gasteiger partial charge in [0.15, 0.2) is 5.82 Å². The molecule has 4 aromatic rings. The maximum Gasteiger partial charge on any atom is 0.225 e. The van der Waals surface area contributed by atoms with Crippen LogP contribution in [-0.4, -0.2) is 39.9 Å². The van der Waals surface area contributed by atoms with Crippen LogP contribution in [-0.2, 0) is 11.3 Å². The molecule has 3 heterocycles. The van der Waals surface area contributed by atoms with Crippen LogP contribution in [0.4, 0.5) is 5.82 Å². The Balaban J connectivity index is 1.32. The van der Waals surface area contributed by atoms with Crippen molar-refractivity contribution in [2.24, 2.45) is 5.92 Å². The lowest BCUT2D eigenvalue weighted by Gasteiger charge is -2.33. The Hall–Kier alpha value is -3.32. The number of carbonyl (C=O) groups is 1. The van der Waals surface area contributed by atoms with Crippen LogP contribution >= 0.6 is 11.8 Å². The Morgan fingerprint density at radius 1 is 1.14 bits per heavy atom. The van der Waals surface area contributed by atoms with Crippen LogP contribution in [0.1, 0.15) is 29.5 Å². The van der Waals surface area contributed by atoms with E-state index in [-0.39, 0.29) is 11.8 Å². The van der Waals surface area contributed by atoms with E-state index in [4.69, 9.17) is 10.1 Å². The largest absolute Gasteiger partial charge is 0.354 e. The van der Waals surface area contributed by atoms with Crippen LogP contribution in [0, 0.1) is 19.8 Å². The van der Waals surface area contributed by atoms with E-state index in [1.54, 1.807) is 18.0 Å². The normalized spacial score (nSPS) is 16.0. The Kier molecular flexibility index (Phi) is 6.77. The van der Waals surface area contributed by atoms with Gasteiger partial charge in [-0.25, -0.2) is 9.50 Å². The van der Waals surface area contributed by atoms with E-state index in [1.165, 1.54) is 16.0 Å². The molecule has 1 saturated heterocycles. The number of benzene rings is 2. The number of rotatable bonds is 6. The van der Waals surface area contributed by atoms with Crippen LogP contribution in [0.3, 0.4) is 0 Å². The molecule has 1 aliphatic rings. The van der Waals surface area contributed by atoms with Gasteiger partial charge in [0.25, 0.3) is 0 Å². The number of hydrogen-bond donors (Lipinski definition) is 1. The number of aromatic nitrogens is 3. The van der Waals surface area contributed by atoms with E-state index in [0.29, 0.717) is 13.1 Å². The predicted octanol–water partition coefficient (Wildman–Crippen LogP) is 5.27. The molecule has 1 aliphatic heterocycles. The van der Waals surface area contributed by atoms with Gasteiger partial charge in [-0.3, -0.25) is 4.79 Å². The average Bonchev–Trinajstić information content (AvgIpc) is 3.31. The summed E-state index contributed by atoms with van der Waals surface area (Å²) in [4.78, 5) is 21.2. The van der Waals surface area contributed by atoms with Gasteiger partial charge in [0.2, 0.25) is 5.91 Å². The third kappa shape index (κ3) is 5.05. The average molecular weight is 486 g/mol. The molecule has 6 nitrogen and oxygen atoms in total. The molecule has 0 radical (unpaired) electrons. The fourth-order valence-electron chi connectivity index (χ4n) is 4.84. The summed E-state index contributed by atoms with van der Waals surface area (Å²) in [6, 6.07) is 16.9. The number of fused-ring (bicyclic) bond motifs is 1. The summed E-state index contributed by atoms with van der Waals surface area (Å²) in [5.74, 6) is 0.944. The van der Waals surface area contributed by atoms with Gasteiger partial charge in [-0.15, -0.1) is 11.8 Å². The van der Waals surface area contributed by atoms with E-state index in [1.807, 2.05) is 10.7 Å². The van der Waals surface area contributed by atoms with Crippen LogP contribution in [0.25, 0.3) is 16.8 Å². The quantitative estimate of drug-likeness (QED) is 0.377. The highest BCUT2D eigenvalue weighted by atomic mass is 32.2. The Labute approximate surface area is 210 Å². The van der Waals surface area contributed by atoms with E-state index >= 15 is 0 Å². The summed E-state index contributed by atoms with van der Waals surface area (Å²) in [5, 5.41) is 7.97. The molecule has 0 saturated carbocycles. The van der Waals surface area contributed by atoms with E-state index in [2.05, 4.69) is 78.9 Å². The van der Waals surface area contributed by atoms with Gasteiger partial charge in [-0.05, 0) is 62.3 Å². The molecule has 1 unspecified atom stereocenters. The maximum atomic E-state index is 13.0. The monoisotopic (exact) mass is 485 g/mol. The fraction of sp³-hybridized carbons (Fsp3) is 0.321. The second-order valence-electron chi connectivity index (χ2n) is 9.28. The van der Waals surface area contributed by atoms with Crippen LogP contribution in [0.5, 0.6) is 0 Å². The molecule has 1 fully saturated rings. The third-order valence-electron chi connectivity index (χ3n) is 6.74. The minimum Gasteiger partial charge on any atom is -0.354 e. The van der Waals surface area contributed by atoms with E-state index in [0.717, 1.165) is 47.5 Å². The Morgan fingerprint density at radius 2 is 1.97 bits per heavy atom. The summed E-state index contributed by atoms with van der Waals surface area (Å²) in [6.07, 6.45) is 7.60. The van der Waals surface area contributed by atoms with Crippen molar-refractivity contribution in [3.05, 3.63) is 77.6 Å². The molecule has 5 rings (SSSR count). The standard InChI is InChI=1S/C28H31N5OS/c1-19-6-11-24(20(2)15-19)25-16-26-27(29-12-14-33(26)31-25)32-13-4-5-22(18-32)28(34)30-17-21-7-9-23(35-3)10-8-21/h6-12,14-16,22H,4-5,13,17-18H2,1-3H3,(H,30,34). The zero-order valence-electron chi connectivity index (χ0n) is 20.5. The first kappa shape index (κ1) is 23.4. The van der Waals surface area contributed by atoms with Crippen molar-refractivity contribution >= 4 is 29.0 Å². The molecule has 2 aromatic heterocycles. The van der Waals surface area contributed by atoms with Crippen LogP contribution in [0.2, 0.25) is 0 Å². The molecule has 7 heteroatoms. The molecule has 1 atom stereocenters. The van der Waals surface area contributed by atoms with Crippen molar-refractivity contribution in [2.45, 2.75) is 38.1 Å². The van der Waals surface area contributed by atoms with Gasteiger partial charge in [0.05, 0.1) is 11.6 Å². The number of hydrogen-bond acceptors (Lipinski definition) is 5. The van der Waals surface area contributed by atoms with Gasteiger partial charge in [-0.1, -0.05) is 35.9 Å². The zero-order chi connectivity index (χ0) is 24.4. The number of aryl methyl sites for hydroxylation is 2. The lowest BCUT2D eigenvalue weighted by atomic mass is 9.97. The predicted molar refractivity (Wildman–Crippen MR) is 143 cm³/mol. The van der Waals surface area contributed by atoms with Crippen molar-refractivity contribution < 1.29 is 4.79 Å². The second-order valence-corrected chi connectivity index (χ2v) is 10.2. The van der Waals surface area contributed by atoms with Crippen molar-refractivity contribution in [3.63, 3.8) is 0 Å². The van der Waals surface area contributed by atoms with Crippen molar-refractivity contribution in [3.8, 4) is 11.3 Å². The second kappa shape index (κ2) is 10.1. The number of anilines is 1. The first-order chi connectivity index (χ1) is 17.0. The topological polar surface area (TPSA) is 62.5 Å². The number of nitrogens with one attached hydrogen (secondary N) is 1. The lowest BCUT2D eigenvalue weighted by Crippen LogP contribution is -2.43. The number of nitrogens with zero attached hydrogens (tertiary/aromatic N) is 4. The highest BCUT2D eigenvalue weighted by Crippen LogP contribution is 2.30. The molecule has 0 bridgehead atoms. The molecule has 180 valence electrons. The molecule has 1 amide bonds. The minimum atomic E-state index is -0.0574. The fourth-order valence-corrected chi connectivity index (χ4v) is 5.25. The Bertz CT molecular complexity index is 1350. The highest BCUT2D eigenvalue weighted by molar-refractivity contribution is 7.98. The lowest BCUT2D eigenvalue weighted by molar-refractivity contribution is -0.125.